The van der Waals surface area contributed by atoms with Crippen LogP contribution in [0.1, 0.15) is 45.0 Å². The SMILES string of the molecule is C=Cc1ccc([C@@H]2C[C@]23C(=O)N(Cc2cccc(C(=O)O)c2)c2ccc(Br)cc23)cc1. The largest absolute Gasteiger partial charge is 0.478 e. The summed E-state index contributed by atoms with van der Waals surface area (Å²) in [4.78, 5) is 26.9. The number of rotatable bonds is 5. The van der Waals surface area contributed by atoms with Crippen molar-refractivity contribution in [2.45, 2.75) is 24.3 Å². The van der Waals surface area contributed by atoms with E-state index in [0.29, 0.717) is 6.54 Å². The lowest BCUT2D eigenvalue weighted by atomic mass is 9.92. The van der Waals surface area contributed by atoms with Crippen molar-refractivity contribution in [3.63, 3.8) is 0 Å². The van der Waals surface area contributed by atoms with Crippen LogP contribution in [0.4, 0.5) is 5.69 Å². The molecule has 31 heavy (non-hydrogen) atoms. The maximum absolute atomic E-state index is 13.8. The first-order valence-corrected chi connectivity index (χ1v) is 10.9. The van der Waals surface area contributed by atoms with Gasteiger partial charge in [-0.05, 0) is 59.0 Å². The number of hydrogen-bond acceptors (Lipinski definition) is 2. The average molecular weight is 474 g/mol. The molecule has 1 fully saturated rings. The van der Waals surface area contributed by atoms with Crippen molar-refractivity contribution in [2.24, 2.45) is 0 Å². The van der Waals surface area contributed by atoms with E-state index in [1.165, 1.54) is 0 Å². The number of carboxylic acid groups (broad SMARTS) is 1. The van der Waals surface area contributed by atoms with Crippen molar-refractivity contribution in [2.75, 3.05) is 4.90 Å². The molecular formula is C26H20BrNO3. The van der Waals surface area contributed by atoms with E-state index in [2.05, 4.69) is 40.7 Å². The molecule has 4 nitrogen and oxygen atoms in total. The summed E-state index contributed by atoms with van der Waals surface area (Å²) >= 11 is 3.57. The molecule has 1 aliphatic heterocycles. The number of hydrogen-bond donors (Lipinski definition) is 1. The zero-order valence-electron chi connectivity index (χ0n) is 16.7. The number of fused-ring (bicyclic) bond motifs is 2. The van der Waals surface area contributed by atoms with Gasteiger partial charge in [-0.3, -0.25) is 4.79 Å². The van der Waals surface area contributed by atoms with E-state index >= 15 is 0 Å². The summed E-state index contributed by atoms with van der Waals surface area (Å²) in [6.07, 6.45) is 2.58. The zero-order valence-corrected chi connectivity index (χ0v) is 18.3. The van der Waals surface area contributed by atoms with Gasteiger partial charge in [-0.2, -0.15) is 0 Å². The molecular weight excluding hydrogens is 454 g/mol. The minimum atomic E-state index is -0.972. The monoisotopic (exact) mass is 473 g/mol. The molecule has 1 amide bonds. The Bertz CT molecular complexity index is 1230. The summed E-state index contributed by atoms with van der Waals surface area (Å²) in [5.41, 5.74) is 4.62. The van der Waals surface area contributed by atoms with Gasteiger partial charge in [0.25, 0.3) is 0 Å². The van der Waals surface area contributed by atoms with Crippen molar-refractivity contribution in [1.29, 1.82) is 0 Å². The lowest BCUT2D eigenvalue weighted by molar-refractivity contribution is -0.120. The first kappa shape index (κ1) is 19.8. The van der Waals surface area contributed by atoms with Gasteiger partial charge in [0.05, 0.1) is 17.5 Å². The molecule has 154 valence electrons. The van der Waals surface area contributed by atoms with Crippen molar-refractivity contribution in [1.82, 2.24) is 0 Å². The van der Waals surface area contributed by atoms with Gasteiger partial charge < -0.3 is 10.0 Å². The molecule has 1 saturated carbocycles. The van der Waals surface area contributed by atoms with Gasteiger partial charge in [-0.15, -0.1) is 0 Å². The highest BCUT2D eigenvalue weighted by Crippen LogP contribution is 2.66. The Kier molecular flexibility index (Phi) is 4.59. The highest BCUT2D eigenvalue weighted by Gasteiger charge is 2.67. The van der Waals surface area contributed by atoms with Crippen LogP contribution in [0.3, 0.4) is 0 Å². The second kappa shape index (κ2) is 7.20. The van der Waals surface area contributed by atoms with Crippen LogP contribution in [-0.4, -0.2) is 17.0 Å². The highest BCUT2D eigenvalue weighted by atomic mass is 79.9. The molecule has 0 bridgehead atoms. The number of carbonyl (C=O) groups excluding carboxylic acids is 1. The van der Waals surface area contributed by atoms with E-state index < -0.39 is 11.4 Å². The number of nitrogens with zero attached hydrogens (tertiary/aromatic N) is 1. The van der Waals surface area contributed by atoms with E-state index in [-0.39, 0.29) is 17.4 Å². The van der Waals surface area contributed by atoms with Crippen LogP contribution in [0.2, 0.25) is 0 Å². The molecule has 5 heteroatoms. The maximum Gasteiger partial charge on any atom is 0.335 e. The molecule has 3 aromatic carbocycles. The summed E-state index contributed by atoms with van der Waals surface area (Å²) < 4.78 is 0.945. The number of amides is 1. The molecule has 2 atom stereocenters. The van der Waals surface area contributed by atoms with Gasteiger partial charge in [0.1, 0.15) is 0 Å². The fourth-order valence-electron chi connectivity index (χ4n) is 4.77. The normalized spacial score (nSPS) is 21.3. The molecule has 1 aliphatic carbocycles. The number of halogens is 1. The Morgan fingerprint density at radius 1 is 1.16 bits per heavy atom. The third-order valence-electron chi connectivity index (χ3n) is 6.41. The number of carboxylic acids is 1. The van der Waals surface area contributed by atoms with Gasteiger partial charge in [0, 0.05) is 16.1 Å². The van der Waals surface area contributed by atoms with E-state index in [4.69, 9.17) is 0 Å². The minimum Gasteiger partial charge on any atom is -0.478 e. The molecule has 1 spiro atoms. The summed E-state index contributed by atoms with van der Waals surface area (Å²) in [6.45, 7) is 4.15. The lowest BCUT2D eigenvalue weighted by Crippen LogP contribution is -2.32. The van der Waals surface area contributed by atoms with Crippen LogP contribution < -0.4 is 4.90 Å². The summed E-state index contributed by atoms with van der Waals surface area (Å²) in [7, 11) is 0. The van der Waals surface area contributed by atoms with Gasteiger partial charge >= 0.3 is 5.97 Å². The standard InChI is InChI=1S/C26H20BrNO3/c1-2-16-6-8-18(9-7-16)22-14-26(22)21-13-20(27)10-11-23(21)28(25(26)31)15-17-4-3-5-19(12-17)24(29)30/h2-13,22H,1,14-15H2,(H,29,30)/t22-,26+/m0/s1. The number of benzene rings is 3. The van der Waals surface area contributed by atoms with Gasteiger partial charge in [0.2, 0.25) is 5.91 Å². The molecule has 2 aliphatic rings. The minimum absolute atomic E-state index is 0.0825. The quantitative estimate of drug-likeness (QED) is 0.512. The Balaban J connectivity index is 1.53. The fraction of sp³-hybridized carbons (Fsp3) is 0.154. The van der Waals surface area contributed by atoms with Crippen LogP contribution in [0, 0.1) is 0 Å². The molecule has 1 heterocycles. The Morgan fingerprint density at radius 3 is 2.65 bits per heavy atom. The third-order valence-corrected chi connectivity index (χ3v) is 6.90. The first-order chi connectivity index (χ1) is 14.9. The average Bonchev–Trinajstić information content (AvgIpc) is 3.50. The van der Waals surface area contributed by atoms with Crippen molar-refractivity contribution in [3.8, 4) is 0 Å². The molecule has 1 N–H and O–H groups in total. The fourth-order valence-corrected chi connectivity index (χ4v) is 5.13. The third kappa shape index (κ3) is 3.12. The summed E-state index contributed by atoms with van der Waals surface area (Å²) in [5.74, 6) is -0.762. The smallest absolute Gasteiger partial charge is 0.335 e. The highest BCUT2D eigenvalue weighted by molar-refractivity contribution is 9.10. The van der Waals surface area contributed by atoms with Gasteiger partial charge in [0.15, 0.2) is 0 Å². The predicted octanol–water partition coefficient (Wildman–Crippen LogP) is 5.76. The van der Waals surface area contributed by atoms with Gasteiger partial charge in [-0.1, -0.05) is 65.0 Å². The van der Waals surface area contributed by atoms with Crippen molar-refractivity contribution >= 4 is 39.6 Å². The van der Waals surface area contributed by atoms with E-state index in [9.17, 15) is 14.7 Å². The van der Waals surface area contributed by atoms with E-state index in [1.54, 1.807) is 23.1 Å². The second-order valence-electron chi connectivity index (χ2n) is 8.16. The van der Waals surface area contributed by atoms with Crippen molar-refractivity contribution in [3.05, 3.63) is 106 Å². The van der Waals surface area contributed by atoms with Gasteiger partial charge in [-0.25, -0.2) is 4.79 Å². The molecule has 0 unspecified atom stereocenters. The zero-order chi connectivity index (χ0) is 21.8. The topological polar surface area (TPSA) is 57.6 Å². The van der Waals surface area contributed by atoms with Crippen LogP contribution >= 0.6 is 15.9 Å². The second-order valence-corrected chi connectivity index (χ2v) is 9.07. The number of carbonyl (C=O) groups is 2. The first-order valence-electron chi connectivity index (χ1n) is 10.1. The number of aromatic carboxylic acids is 1. The van der Waals surface area contributed by atoms with Crippen LogP contribution in [0.25, 0.3) is 6.08 Å². The molecule has 5 rings (SSSR count). The van der Waals surface area contributed by atoms with Crippen LogP contribution in [0.5, 0.6) is 0 Å². The Morgan fingerprint density at radius 2 is 1.94 bits per heavy atom. The Labute approximate surface area is 189 Å². The van der Waals surface area contributed by atoms with E-state index in [0.717, 1.165) is 38.8 Å². The maximum atomic E-state index is 13.8. The lowest BCUT2D eigenvalue weighted by Gasteiger charge is -2.19. The summed E-state index contributed by atoms with van der Waals surface area (Å²) in [5, 5.41) is 9.31. The van der Waals surface area contributed by atoms with Crippen molar-refractivity contribution < 1.29 is 14.7 Å². The van der Waals surface area contributed by atoms with Crippen LogP contribution in [0.15, 0.2) is 77.8 Å². The van der Waals surface area contributed by atoms with E-state index in [1.807, 2.05) is 36.4 Å². The number of anilines is 1. The molecule has 0 aromatic heterocycles. The summed E-state index contributed by atoms with van der Waals surface area (Å²) in [6, 6.07) is 21.0. The van der Waals surface area contributed by atoms with Crippen LogP contribution in [-0.2, 0) is 16.8 Å². The Hall–Kier alpha value is -3.18. The predicted molar refractivity (Wildman–Crippen MR) is 124 cm³/mol. The molecule has 3 aromatic rings. The molecule has 0 saturated heterocycles. The molecule has 0 radical (unpaired) electrons.